The molecule has 2 amide bonds. The van der Waals surface area contributed by atoms with Gasteiger partial charge in [-0.25, -0.2) is 4.79 Å². The van der Waals surface area contributed by atoms with Gasteiger partial charge in [0.1, 0.15) is 0 Å². The van der Waals surface area contributed by atoms with Gasteiger partial charge in [-0.15, -0.1) is 0 Å². The summed E-state index contributed by atoms with van der Waals surface area (Å²) in [5.74, 6) is 0.551. The van der Waals surface area contributed by atoms with Crippen LogP contribution in [0.25, 0.3) is 0 Å². The van der Waals surface area contributed by atoms with Crippen molar-refractivity contribution in [2.75, 3.05) is 66.3 Å². The number of likely N-dealkylation sites (tertiary alicyclic amines) is 1. The highest BCUT2D eigenvalue weighted by Gasteiger charge is 2.36. The van der Waals surface area contributed by atoms with Crippen molar-refractivity contribution in [1.82, 2.24) is 15.1 Å². The second-order valence-corrected chi connectivity index (χ2v) is 7.08. The van der Waals surface area contributed by atoms with Gasteiger partial charge < -0.3 is 24.4 Å². The number of amides is 2. The highest BCUT2D eigenvalue weighted by atomic mass is 16.5. The summed E-state index contributed by atoms with van der Waals surface area (Å²) >= 11 is 0. The van der Waals surface area contributed by atoms with Crippen LogP contribution in [-0.4, -0.2) is 94.2 Å². The number of piperidine rings is 1. The Morgan fingerprint density at radius 1 is 1.29 bits per heavy atom. The number of urea groups is 1. The van der Waals surface area contributed by atoms with E-state index in [0.29, 0.717) is 25.1 Å². The van der Waals surface area contributed by atoms with Crippen molar-refractivity contribution in [3.63, 3.8) is 0 Å². The van der Waals surface area contributed by atoms with E-state index in [1.807, 2.05) is 4.90 Å². The van der Waals surface area contributed by atoms with Crippen molar-refractivity contribution in [3.8, 4) is 0 Å². The van der Waals surface area contributed by atoms with Crippen molar-refractivity contribution < 1.29 is 19.0 Å². The number of carbonyl (C=O) groups excluding carboxylic acids is 1. The second-order valence-electron chi connectivity index (χ2n) is 7.08. The van der Waals surface area contributed by atoms with Crippen LogP contribution >= 0.6 is 0 Å². The predicted octanol–water partition coefficient (Wildman–Crippen LogP) is 0.544. The largest absolute Gasteiger partial charge is 0.381 e. The number of rotatable bonds is 6. The Hall–Kier alpha value is -0.890. The number of ether oxygens (including phenoxy) is 3. The van der Waals surface area contributed by atoms with Crippen LogP contribution in [0.1, 0.15) is 19.3 Å². The molecule has 0 aliphatic carbocycles. The summed E-state index contributed by atoms with van der Waals surface area (Å²) in [7, 11) is 2.12. The molecule has 0 spiro atoms. The van der Waals surface area contributed by atoms with Gasteiger partial charge in [-0.1, -0.05) is 0 Å². The number of carbonyl (C=O) groups is 1. The topological polar surface area (TPSA) is 63.3 Å². The molecule has 0 unspecified atom stereocenters. The van der Waals surface area contributed by atoms with E-state index in [2.05, 4.69) is 17.3 Å². The van der Waals surface area contributed by atoms with Gasteiger partial charge >= 0.3 is 6.03 Å². The molecule has 0 aromatic rings. The molecular weight excluding hydrogens is 310 g/mol. The second kappa shape index (κ2) is 8.99. The van der Waals surface area contributed by atoms with Gasteiger partial charge in [0.2, 0.25) is 0 Å². The molecule has 0 aromatic carbocycles. The SMILES string of the molecule is CN1CCO[C@@H]2CCN(C(=O)NCCCOC[C@@H]3CCOC3)C[C@@H]21. The summed E-state index contributed by atoms with van der Waals surface area (Å²) in [4.78, 5) is 16.6. The van der Waals surface area contributed by atoms with Crippen molar-refractivity contribution in [3.05, 3.63) is 0 Å². The Balaban J connectivity index is 1.28. The summed E-state index contributed by atoms with van der Waals surface area (Å²) in [6.07, 6.45) is 3.16. The summed E-state index contributed by atoms with van der Waals surface area (Å²) < 4.78 is 16.8. The molecule has 3 rings (SSSR count). The molecule has 1 N–H and O–H groups in total. The first-order valence-corrected chi connectivity index (χ1v) is 9.24. The molecule has 7 nitrogen and oxygen atoms in total. The Labute approximate surface area is 144 Å². The highest BCUT2D eigenvalue weighted by molar-refractivity contribution is 5.74. The Morgan fingerprint density at radius 2 is 2.21 bits per heavy atom. The van der Waals surface area contributed by atoms with Crippen LogP contribution < -0.4 is 5.32 Å². The van der Waals surface area contributed by atoms with Crippen LogP contribution in [0.3, 0.4) is 0 Å². The summed E-state index contributed by atoms with van der Waals surface area (Å²) in [5.41, 5.74) is 0. The number of likely N-dealkylation sites (N-methyl/N-ethyl adjacent to an activating group) is 1. The standard InChI is InChI=1S/C17H31N3O4/c1-19-7-10-24-16-3-6-20(11-15(16)19)17(21)18-5-2-8-22-12-14-4-9-23-13-14/h14-16H,2-13H2,1H3,(H,18,21)/t14-,15-,16+/m0/s1. The molecule has 0 radical (unpaired) electrons. The van der Waals surface area contributed by atoms with Crippen LogP contribution in [-0.2, 0) is 14.2 Å². The quantitative estimate of drug-likeness (QED) is 0.715. The Morgan fingerprint density at radius 3 is 3.04 bits per heavy atom. The molecule has 3 heterocycles. The summed E-state index contributed by atoms with van der Waals surface area (Å²) in [6, 6.07) is 0.367. The lowest BCUT2D eigenvalue weighted by Crippen LogP contribution is -2.60. The van der Waals surface area contributed by atoms with Crippen LogP contribution in [0.15, 0.2) is 0 Å². The fourth-order valence-corrected chi connectivity index (χ4v) is 3.67. The fourth-order valence-electron chi connectivity index (χ4n) is 3.67. The zero-order valence-electron chi connectivity index (χ0n) is 14.7. The molecule has 3 aliphatic rings. The molecule has 138 valence electrons. The van der Waals surface area contributed by atoms with Gasteiger partial charge in [0.25, 0.3) is 0 Å². The van der Waals surface area contributed by atoms with Crippen molar-refractivity contribution >= 4 is 6.03 Å². The molecule has 7 heteroatoms. The summed E-state index contributed by atoms with van der Waals surface area (Å²) in [5, 5.41) is 3.01. The minimum atomic E-state index is 0.0385. The number of fused-ring (bicyclic) bond motifs is 1. The van der Waals surface area contributed by atoms with E-state index in [9.17, 15) is 4.79 Å². The molecule has 0 aromatic heterocycles. The number of nitrogens with zero attached hydrogens (tertiary/aromatic N) is 2. The molecule has 3 aliphatic heterocycles. The number of hydrogen-bond acceptors (Lipinski definition) is 5. The first-order valence-electron chi connectivity index (χ1n) is 9.24. The van der Waals surface area contributed by atoms with E-state index >= 15 is 0 Å². The van der Waals surface area contributed by atoms with Crippen molar-refractivity contribution in [2.24, 2.45) is 5.92 Å². The Kier molecular flexibility index (Phi) is 6.71. The monoisotopic (exact) mass is 341 g/mol. The fraction of sp³-hybridized carbons (Fsp3) is 0.941. The van der Waals surface area contributed by atoms with Gasteiger partial charge in [-0.05, 0) is 26.3 Å². The lowest BCUT2D eigenvalue weighted by atomic mass is 9.99. The average Bonchev–Trinajstić information content (AvgIpc) is 3.11. The van der Waals surface area contributed by atoms with E-state index in [4.69, 9.17) is 14.2 Å². The normalized spacial score (nSPS) is 31.0. The van der Waals surface area contributed by atoms with Gasteiger partial charge in [0.15, 0.2) is 0 Å². The van der Waals surface area contributed by atoms with E-state index in [-0.39, 0.29) is 12.1 Å². The van der Waals surface area contributed by atoms with Crippen LogP contribution in [0, 0.1) is 5.92 Å². The smallest absolute Gasteiger partial charge is 0.317 e. The molecular formula is C17H31N3O4. The molecule has 3 fully saturated rings. The maximum atomic E-state index is 12.3. The van der Waals surface area contributed by atoms with Crippen LogP contribution in [0.2, 0.25) is 0 Å². The van der Waals surface area contributed by atoms with Crippen molar-refractivity contribution in [2.45, 2.75) is 31.4 Å². The van der Waals surface area contributed by atoms with Gasteiger partial charge in [-0.2, -0.15) is 0 Å². The highest BCUT2D eigenvalue weighted by Crippen LogP contribution is 2.21. The number of morpholine rings is 1. The average molecular weight is 341 g/mol. The van der Waals surface area contributed by atoms with E-state index < -0.39 is 0 Å². The van der Waals surface area contributed by atoms with E-state index in [0.717, 1.165) is 65.3 Å². The molecule has 0 saturated carbocycles. The molecule has 3 atom stereocenters. The van der Waals surface area contributed by atoms with Crippen LogP contribution in [0.4, 0.5) is 4.79 Å². The lowest BCUT2D eigenvalue weighted by molar-refractivity contribution is -0.0881. The van der Waals surface area contributed by atoms with E-state index in [1.54, 1.807) is 0 Å². The zero-order valence-corrected chi connectivity index (χ0v) is 14.7. The zero-order chi connectivity index (χ0) is 16.8. The van der Waals surface area contributed by atoms with Gasteiger partial charge in [0, 0.05) is 45.3 Å². The minimum Gasteiger partial charge on any atom is -0.381 e. The maximum Gasteiger partial charge on any atom is 0.317 e. The first-order chi connectivity index (χ1) is 11.7. The van der Waals surface area contributed by atoms with Crippen LogP contribution in [0.5, 0.6) is 0 Å². The lowest BCUT2D eigenvalue weighted by Gasteiger charge is -2.45. The number of hydrogen-bond donors (Lipinski definition) is 1. The summed E-state index contributed by atoms with van der Waals surface area (Å²) in [6.45, 7) is 7.10. The molecule has 0 bridgehead atoms. The van der Waals surface area contributed by atoms with Gasteiger partial charge in [-0.3, -0.25) is 4.90 Å². The number of nitrogens with one attached hydrogen (secondary N) is 1. The third-order valence-corrected chi connectivity index (χ3v) is 5.27. The third kappa shape index (κ3) is 4.81. The molecule has 3 saturated heterocycles. The maximum absolute atomic E-state index is 12.3. The minimum absolute atomic E-state index is 0.0385. The Bertz CT molecular complexity index is 403. The third-order valence-electron chi connectivity index (χ3n) is 5.27. The predicted molar refractivity (Wildman–Crippen MR) is 90.1 cm³/mol. The van der Waals surface area contributed by atoms with Crippen molar-refractivity contribution in [1.29, 1.82) is 0 Å². The van der Waals surface area contributed by atoms with Gasteiger partial charge in [0.05, 0.1) is 32.0 Å². The molecule has 24 heavy (non-hydrogen) atoms. The first kappa shape index (κ1) is 17.9. The van der Waals surface area contributed by atoms with E-state index in [1.165, 1.54) is 0 Å².